The molecule has 0 saturated heterocycles. The number of rotatable bonds is 7. The summed E-state index contributed by atoms with van der Waals surface area (Å²) in [6, 6.07) is 14.1. The number of anilines is 1. The Balaban J connectivity index is 2.13. The molecule has 0 spiro atoms. The normalized spacial score (nSPS) is 11.4. The van der Waals surface area contributed by atoms with Crippen molar-refractivity contribution in [3.05, 3.63) is 65.2 Å². The van der Waals surface area contributed by atoms with Crippen LogP contribution in [0.4, 0.5) is 5.69 Å². The van der Waals surface area contributed by atoms with Gasteiger partial charge in [-0.3, -0.25) is 9.61 Å². The molecule has 0 radical (unpaired) electrons. The van der Waals surface area contributed by atoms with Crippen molar-refractivity contribution in [2.75, 3.05) is 4.72 Å². The number of hydrogen-bond donors (Lipinski definition) is 1. The van der Waals surface area contributed by atoms with Gasteiger partial charge in [0.2, 0.25) is 10.0 Å². The summed E-state index contributed by atoms with van der Waals surface area (Å²) in [6.45, 7) is 4.92. The molecule has 0 aliphatic heterocycles. The fourth-order valence-corrected chi connectivity index (χ4v) is 2.79. The third-order valence-electron chi connectivity index (χ3n) is 3.56. The monoisotopic (exact) mass is 363 g/mol. The Morgan fingerprint density at radius 3 is 2.40 bits per heavy atom. The van der Waals surface area contributed by atoms with Crippen LogP contribution in [0.3, 0.4) is 0 Å². The van der Waals surface area contributed by atoms with E-state index in [9.17, 15) is 13.2 Å². The molecule has 0 atom stereocenters. The lowest BCUT2D eigenvalue weighted by molar-refractivity contribution is -0.250. The summed E-state index contributed by atoms with van der Waals surface area (Å²) in [5, 5.41) is -0.634. The molecule has 0 heterocycles. The van der Waals surface area contributed by atoms with Crippen molar-refractivity contribution in [1.29, 1.82) is 0 Å². The Labute approximate surface area is 147 Å². The molecule has 0 unspecified atom stereocenters. The maximum atomic E-state index is 12.3. The van der Waals surface area contributed by atoms with E-state index in [1.807, 2.05) is 30.3 Å². The van der Waals surface area contributed by atoms with Gasteiger partial charge < -0.3 is 0 Å². The zero-order valence-corrected chi connectivity index (χ0v) is 15.2. The summed E-state index contributed by atoms with van der Waals surface area (Å²) in [5.74, 6) is -0.763. The first-order valence-corrected chi connectivity index (χ1v) is 9.35. The molecule has 25 heavy (non-hydrogen) atoms. The maximum absolute atomic E-state index is 12.3. The number of aryl methyl sites for hydroxylation is 1. The van der Waals surface area contributed by atoms with E-state index in [2.05, 4.69) is 4.72 Å². The smallest absolute Gasteiger partial charge is 0.292 e. The molecule has 2 rings (SSSR count). The molecule has 134 valence electrons. The standard InChI is InChI=1S/C18H21NO5S/c1-13(2)25(21,22)19-17-14(3)8-7-11-16(17)18(20)24-23-12-15-9-5-4-6-10-15/h4-11,13,19H,12H2,1-3H3. The highest BCUT2D eigenvalue weighted by Crippen LogP contribution is 2.24. The van der Waals surface area contributed by atoms with E-state index in [4.69, 9.17) is 9.78 Å². The van der Waals surface area contributed by atoms with Crippen molar-refractivity contribution in [1.82, 2.24) is 0 Å². The van der Waals surface area contributed by atoms with Crippen LogP contribution in [0.15, 0.2) is 48.5 Å². The van der Waals surface area contributed by atoms with Crippen LogP contribution in [0.5, 0.6) is 0 Å². The molecule has 0 bridgehead atoms. The minimum atomic E-state index is -3.59. The third-order valence-corrected chi connectivity index (χ3v) is 5.29. The summed E-state index contributed by atoms with van der Waals surface area (Å²) in [6.07, 6.45) is 0. The van der Waals surface area contributed by atoms with Crippen LogP contribution in [-0.4, -0.2) is 19.6 Å². The molecule has 1 N–H and O–H groups in total. The second-order valence-electron chi connectivity index (χ2n) is 5.81. The van der Waals surface area contributed by atoms with Crippen LogP contribution in [-0.2, 0) is 26.4 Å². The highest BCUT2D eigenvalue weighted by Gasteiger charge is 2.22. The first-order chi connectivity index (χ1) is 11.8. The van der Waals surface area contributed by atoms with Crippen molar-refractivity contribution in [2.45, 2.75) is 32.6 Å². The van der Waals surface area contributed by atoms with Crippen LogP contribution in [0, 0.1) is 6.92 Å². The molecule has 2 aromatic rings. The van der Waals surface area contributed by atoms with E-state index in [0.717, 1.165) is 5.56 Å². The van der Waals surface area contributed by atoms with Crippen molar-refractivity contribution < 1.29 is 23.0 Å². The van der Waals surface area contributed by atoms with Crippen molar-refractivity contribution in [3.8, 4) is 0 Å². The summed E-state index contributed by atoms with van der Waals surface area (Å²) < 4.78 is 26.7. The second-order valence-corrected chi connectivity index (χ2v) is 8.05. The summed E-state index contributed by atoms with van der Waals surface area (Å²) in [4.78, 5) is 22.1. The van der Waals surface area contributed by atoms with Gasteiger partial charge in [0, 0.05) is 0 Å². The minimum absolute atomic E-state index is 0.0947. The topological polar surface area (TPSA) is 81.7 Å². The largest absolute Gasteiger partial charge is 0.375 e. The molecule has 0 amide bonds. The van der Waals surface area contributed by atoms with E-state index < -0.39 is 21.2 Å². The van der Waals surface area contributed by atoms with Gasteiger partial charge in [-0.1, -0.05) is 42.5 Å². The molecule has 6 nitrogen and oxygen atoms in total. The van der Waals surface area contributed by atoms with E-state index >= 15 is 0 Å². The van der Waals surface area contributed by atoms with Gasteiger partial charge in [0.05, 0.1) is 16.5 Å². The predicted octanol–water partition coefficient (Wildman–Crippen LogP) is 3.43. The number of carbonyl (C=O) groups excluding carboxylic acids is 1. The molecule has 0 aromatic heterocycles. The predicted molar refractivity (Wildman–Crippen MR) is 95.5 cm³/mol. The SMILES string of the molecule is Cc1cccc(C(=O)OOCc2ccccc2)c1NS(=O)(=O)C(C)C. The van der Waals surface area contributed by atoms with Crippen LogP contribution in [0.25, 0.3) is 0 Å². The highest BCUT2D eigenvalue weighted by molar-refractivity contribution is 7.93. The third kappa shape index (κ3) is 5.04. The lowest BCUT2D eigenvalue weighted by atomic mass is 10.1. The van der Waals surface area contributed by atoms with Crippen molar-refractivity contribution in [3.63, 3.8) is 0 Å². The Bertz CT molecular complexity index is 832. The quantitative estimate of drug-likeness (QED) is 0.602. The molecule has 0 aliphatic rings. The van der Waals surface area contributed by atoms with Gasteiger partial charge in [-0.15, -0.1) is 0 Å². The highest BCUT2D eigenvalue weighted by atomic mass is 32.2. The van der Waals surface area contributed by atoms with Crippen LogP contribution >= 0.6 is 0 Å². The molecular formula is C18H21NO5S. The van der Waals surface area contributed by atoms with E-state index in [0.29, 0.717) is 5.56 Å². The summed E-state index contributed by atoms with van der Waals surface area (Å²) in [5.41, 5.74) is 1.75. The number of benzene rings is 2. The van der Waals surface area contributed by atoms with Crippen molar-refractivity contribution in [2.24, 2.45) is 0 Å². The number of para-hydroxylation sites is 1. The second kappa shape index (κ2) is 8.13. The van der Waals surface area contributed by atoms with Gasteiger partial charge in [0.25, 0.3) is 0 Å². The van der Waals surface area contributed by atoms with E-state index in [1.165, 1.54) is 6.07 Å². The summed E-state index contributed by atoms with van der Waals surface area (Å²) in [7, 11) is -3.59. The lowest BCUT2D eigenvalue weighted by Crippen LogP contribution is -2.24. The van der Waals surface area contributed by atoms with Gasteiger partial charge >= 0.3 is 5.97 Å². The van der Waals surface area contributed by atoms with Gasteiger partial charge in [0.15, 0.2) is 0 Å². The molecular weight excluding hydrogens is 342 g/mol. The molecule has 2 aromatic carbocycles. The minimum Gasteiger partial charge on any atom is -0.292 e. The fourth-order valence-electron chi connectivity index (χ4n) is 2.00. The Hall–Kier alpha value is -2.38. The molecule has 0 saturated carbocycles. The number of nitrogens with one attached hydrogen (secondary N) is 1. The molecule has 0 aliphatic carbocycles. The van der Waals surface area contributed by atoms with Gasteiger partial charge in [-0.25, -0.2) is 13.2 Å². The number of hydrogen-bond acceptors (Lipinski definition) is 5. The van der Waals surface area contributed by atoms with Crippen LogP contribution in [0.2, 0.25) is 0 Å². The van der Waals surface area contributed by atoms with Gasteiger partial charge in [-0.2, -0.15) is 4.89 Å². The van der Waals surface area contributed by atoms with Gasteiger partial charge in [-0.05, 0) is 38.0 Å². The van der Waals surface area contributed by atoms with Crippen LogP contribution in [0.1, 0.15) is 35.3 Å². The average Bonchev–Trinajstić information content (AvgIpc) is 2.57. The van der Waals surface area contributed by atoms with E-state index in [-0.39, 0.29) is 17.9 Å². The number of sulfonamides is 1. The summed E-state index contributed by atoms with van der Waals surface area (Å²) >= 11 is 0. The Kier molecular flexibility index (Phi) is 6.17. The lowest BCUT2D eigenvalue weighted by Gasteiger charge is -2.15. The molecule has 0 fully saturated rings. The average molecular weight is 363 g/mol. The first-order valence-electron chi connectivity index (χ1n) is 7.80. The van der Waals surface area contributed by atoms with Gasteiger partial charge in [0.1, 0.15) is 6.61 Å². The Morgan fingerprint density at radius 1 is 1.08 bits per heavy atom. The maximum Gasteiger partial charge on any atom is 0.375 e. The van der Waals surface area contributed by atoms with E-state index in [1.54, 1.807) is 32.9 Å². The Morgan fingerprint density at radius 2 is 1.76 bits per heavy atom. The van der Waals surface area contributed by atoms with Crippen LogP contribution < -0.4 is 4.72 Å². The first kappa shape index (κ1) is 19.0. The fraction of sp³-hybridized carbons (Fsp3) is 0.278. The number of carbonyl (C=O) groups is 1. The zero-order valence-electron chi connectivity index (χ0n) is 14.4. The zero-order chi connectivity index (χ0) is 18.4. The van der Waals surface area contributed by atoms with Crippen molar-refractivity contribution >= 4 is 21.7 Å². The molecule has 7 heteroatoms.